The molecular weight excluding hydrogens is 305 g/mol. The number of hydrogen-bond acceptors (Lipinski definition) is 3. The standard InChI is InChI=1S/C16H19Cl2N3/c1-3-7-20-15(11-4-5-12(17)13(18)9-11)14-10(2)6-8-21-16(14)19/h4-6,8-9,15,20H,3,7H2,1-2H3,(H2,19,21). The summed E-state index contributed by atoms with van der Waals surface area (Å²) in [5, 5.41) is 4.59. The second kappa shape index (κ2) is 7.12. The molecule has 0 fully saturated rings. The van der Waals surface area contributed by atoms with Crippen molar-refractivity contribution in [3.05, 3.63) is 57.2 Å². The molecule has 0 bridgehead atoms. The van der Waals surface area contributed by atoms with Gasteiger partial charge in [-0.3, -0.25) is 0 Å². The molecule has 0 aliphatic carbocycles. The van der Waals surface area contributed by atoms with Crippen LogP contribution in [0.2, 0.25) is 10.0 Å². The largest absolute Gasteiger partial charge is 0.383 e. The lowest BCUT2D eigenvalue weighted by molar-refractivity contribution is 0.596. The highest BCUT2D eigenvalue weighted by Crippen LogP contribution is 2.32. The maximum atomic E-state index is 6.15. The maximum Gasteiger partial charge on any atom is 0.128 e. The molecule has 5 heteroatoms. The summed E-state index contributed by atoms with van der Waals surface area (Å²) in [6.07, 6.45) is 2.75. The molecule has 0 radical (unpaired) electrons. The van der Waals surface area contributed by atoms with E-state index in [0.717, 1.165) is 29.7 Å². The van der Waals surface area contributed by atoms with Crippen molar-refractivity contribution in [1.29, 1.82) is 0 Å². The number of nitrogens with two attached hydrogens (primary N) is 1. The molecular formula is C16H19Cl2N3. The van der Waals surface area contributed by atoms with Gasteiger partial charge in [-0.1, -0.05) is 36.2 Å². The third kappa shape index (κ3) is 3.67. The molecule has 0 saturated carbocycles. The van der Waals surface area contributed by atoms with Crippen molar-refractivity contribution in [2.45, 2.75) is 26.3 Å². The van der Waals surface area contributed by atoms with E-state index in [-0.39, 0.29) is 6.04 Å². The lowest BCUT2D eigenvalue weighted by Crippen LogP contribution is -2.25. The lowest BCUT2D eigenvalue weighted by atomic mass is 9.95. The zero-order chi connectivity index (χ0) is 15.4. The molecule has 3 nitrogen and oxygen atoms in total. The summed E-state index contributed by atoms with van der Waals surface area (Å²) in [5.41, 5.74) is 9.21. The smallest absolute Gasteiger partial charge is 0.128 e. The third-order valence-corrected chi connectivity index (χ3v) is 4.14. The van der Waals surface area contributed by atoms with Gasteiger partial charge >= 0.3 is 0 Å². The van der Waals surface area contributed by atoms with Crippen molar-refractivity contribution >= 4 is 29.0 Å². The molecule has 21 heavy (non-hydrogen) atoms. The van der Waals surface area contributed by atoms with Gasteiger partial charge in [0.1, 0.15) is 5.82 Å². The number of hydrogen-bond donors (Lipinski definition) is 2. The average molecular weight is 324 g/mol. The molecule has 1 atom stereocenters. The first-order valence-electron chi connectivity index (χ1n) is 6.94. The summed E-state index contributed by atoms with van der Waals surface area (Å²) in [6, 6.07) is 7.57. The fourth-order valence-electron chi connectivity index (χ4n) is 2.33. The van der Waals surface area contributed by atoms with Crippen LogP contribution in [0.4, 0.5) is 5.82 Å². The Morgan fingerprint density at radius 3 is 2.62 bits per heavy atom. The Morgan fingerprint density at radius 1 is 1.24 bits per heavy atom. The summed E-state index contributed by atoms with van der Waals surface area (Å²) >= 11 is 12.2. The third-order valence-electron chi connectivity index (χ3n) is 3.40. The Kier molecular flexibility index (Phi) is 5.45. The fourth-order valence-corrected chi connectivity index (χ4v) is 2.64. The molecule has 0 aliphatic heterocycles. The molecule has 1 unspecified atom stereocenters. The number of aryl methyl sites for hydroxylation is 1. The first-order valence-corrected chi connectivity index (χ1v) is 7.69. The lowest BCUT2D eigenvalue weighted by Gasteiger charge is -2.23. The van der Waals surface area contributed by atoms with Gasteiger partial charge in [0.15, 0.2) is 0 Å². The molecule has 3 N–H and O–H groups in total. The van der Waals surface area contributed by atoms with Crippen LogP contribution in [-0.2, 0) is 0 Å². The van der Waals surface area contributed by atoms with Gasteiger partial charge in [0.2, 0.25) is 0 Å². The number of anilines is 1. The van der Waals surface area contributed by atoms with Crippen LogP contribution in [0.3, 0.4) is 0 Å². The molecule has 2 rings (SSSR count). The second-order valence-electron chi connectivity index (χ2n) is 4.99. The predicted molar refractivity (Wildman–Crippen MR) is 90.0 cm³/mol. The monoisotopic (exact) mass is 323 g/mol. The van der Waals surface area contributed by atoms with Crippen molar-refractivity contribution in [3.8, 4) is 0 Å². The number of rotatable bonds is 5. The number of nitrogen functional groups attached to an aromatic ring is 1. The molecule has 0 amide bonds. The molecule has 0 spiro atoms. The van der Waals surface area contributed by atoms with Crippen LogP contribution in [0.25, 0.3) is 0 Å². The van der Waals surface area contributed by atoms with Gasteiger partial charge in [-0.2, -0.15) is 0 Å². The minimum atomic E-state index is -0.0478. The summed E-state index contributed by atoms with van der Waals surface area (Å²) in [7, 11) is 0. The first-order chi connectivity index (χ1) is 10.0. The van der Waals surface area contributed by atoms with E-state index in [1.54, 1.807) is 6.20 Å². The average Bonchev–Trinajstić information content (AvgIpc) is 2.45. The number of halogens is 2. The van der Waals surface area contributed by atoms with E-state index in [4.69, 9.17) is 28.9 Å². The minimum Gasteiger partial charge on any atom is -0.383 e. The molecule has 1 aromatic heterocycles. The Bertz CT molecular complexity index is 609. The Hall–Kier alpha value is -1.29. The van der Waals surface area contributed by atoms with Crippen molar-refractivity contribution < 1.29 is 0 Å². The van der Waals surface area contributed by atoms with Crippen molar-refractivity contribution in [3.63, 3.8) is 0 Å². The van der Waals surface area contributed by atoms with Gasteiger partial charge in [0.25, 0.3) is 0 Å². The van der Waals surface area contributed by atoms with Crippen LogP contribution in [0.5, 0.6) is 0 Å². The summed E-state index contributed by atoms with van der Waals surface area (Å²) in [5.74, 6) is 0.537. The molecule has 0 aliphatic rings. The van der Waals surface area contributed by atoms with Crippen LogP contribution >= 0.6 is 23.2 Å². The Balaban J connectivity index is 2.49. The van der Waals surface area contributed by atoms with E-state index in [1.165, 1.54) is 0 Å². The van der Waals surface area contributed by atoms with Gasteiger partial charge in [0, 0.05) is 11.8 Å². The SMILES string of the molecule is CCCNC(c1ccc(Cl)c(Cl)c1)c1c(C)ccnc1N. The number of nitrogens with one attached hydrogen (secondary N) is 1. The van der Waals surface area contributed by atoms with Crippen molar-refractivity contribution in [2.75, 3.05) is 12.3 Å². The number of pyridine rings is 1. The number of aromatic nitrogens is 1. The van der Waals surface area contributed by atoms with Crippen molar-refractivity contribution in [1.82, 2.24) is 10.3 Å². The van der Waals surface area contributed by atoms with E-state index in [1.807, 2.05) is 31.2 Å². The highest BCUT2D eigenvalue weighted by molar-refractivity contribution is 6.42. The number of nitrogens with zero attached hydrogens (tertiary/aromatic N) is 1. The Morgan fingerprint density at radius 2 is 2.00 bits per heavy atom. The highest BCUT2D eigenvalue weighted by atomic mass is 35.5. The molecule has 112 valence electrons. The van der Waals surface area contributed by atoms with Crippen LogP contribution in [0.15, 0.2) is 30.5 Å². The quantitative estimate of drug-likeness (QED) is 0.859. The molecule has 2 aromatic rings. The van der Waals surface area contributed by atoms with E-state index < -0.39 is 0 Å². The van der Waals surface area contributed by atoms with Gasteiger partial charge in [-0.25, -0.2) is 4.98 Å². The molecule has 0 saturated heterocycles. The Labute approximate surface area is 135 Å². The van der Waals surface area contributed by atoms with Gasteiger partial charge in [-0.15, -0.1) is 0 Å². The fraction of sp³-hybridized carbons (Fsp3) is 0.312. The first kappa shape index (κ1) is 16.1. The van der Waals surface area contributed by atoms with E-state index in [9.17, 15) is 0 Å². The van der Waals surface area contributed by atoms with E-state index in [0.29, 0.717) is 15.9 Å². The summed E-state index contributed by atoms with van der Waals surface area (Å²) in [6.45, 7) is 5.03. The van der Waals surface area contributed by atoms with Gasteiger partial charge in [-0.05, 0) is 49.2 Å². The van der Waals surface area contributed by atoms with Crippen LogP contribution in [0.1, 0.15) is 36.1 Å². The van der Waals surface area contributed by atoms with Crippen LogP contribution in [0, 0.1) is 6.92 Å². The van der Waals surface area contributed by atoms with E-state index in [2.05, 4.69) is 17.2 Å². The van der Waals surface area contributed by atoms with Gasteiger partial charge in [0.05, 0.1) is 16.1 Å². The molecule has 1 heterocycles. The topological polar surface area (TPSA) is 50.9 Å². The normalized spacial score (nSPS) is 12.4. The summed E-state index contributed by atoms with van der Waals surface area (Å²) in [4.78, 5) is 4.21. The second-order valence-corrected chi connectivity index (χ2v) is 5.80. The zero-order valence-corrected chi connectivity index (χ0v) is 13.7. The van der Waals surface area contributed by atoms with Crippen LogP contribution < -0.4 is 11.1 Å². The van der Waals surface area contributed by atoms with E-state index >= 15 is 0 Å². The predicted octanol–water partition coefficient (Wildman–Crippen LogP) is 4.37. The minimum absolute atomic E-state index is 0.0478. The summed E-state index contributed by atoms with van der Waals surface area (Å²) < 4.78 is 0. The van der Waals surface area contributed by atoms with Crippen molar-refractivity contribution in [2.24, 2.45) is 0 Å². The maximum absolute atomic E-state index is 6.15. The zero-order valence-electron chi connectivity index (χ0n) is 12.2. The van der Waals surface area contributed by atoms with Gasteiger partial charge < -0.3 is 11.1 Å². The highest BCUT2D eigenvalue weighted by Gasteiger charge is 2.19. The van der Waals surface area contributed by atoms with Crippen LogP contribution in [-0.4, -0.2) is 11.5 Å². The molecule has 1 aromatic carbocycles. The number of benzene rings is 1.